The topological polar surface area (TPSA) is 38.8 Å². The molecule has 21 heavy (non-hydrogen) atoms. The van der Waals surface area contributed by atoms with Gasteiger partial charge in [-0.15, -0.1) is 0 Å². The van der Waals surface area contributed by atoms with Crippen LogP contribution in [0.5, 0.6) is 0 Å². The van der Waals surface area contributed by atoms with E-state index in [0.29, 0.717) is 0 Å². The van der Waals surface area contributed by atoms with Crippen molar-refractivity contribution in [2.45, 2.75) is 12.5 Å². The van der Waals surface area contributed by atoms with Gasteiger partial charge in [-0.2, -0.15) is 13.2 Å². The standard InChI is InChI=1S/C14H14F3NO3/c1-18(2)12-10(11(19)13(20-3)21-12)8-5-4-6-9(7-8)14(15,16)17/h4-7,13H,1-3H3. The van der Waals surface area contributed by atoms with Crippen molar-refractivity contribution in [3.8, 4) is 0 Å². The molecule has 2 rings (SSSR count). The summed E-state index contributed by atoms with van der Waals surface area (Å²) in [6.45, 7) is 0. The molecule has 4 nitrogen and oxygen atoms in total. The highest BCUT2D eigenvalue weighted by atomic mass is 19.4. The first-order valence-electron chi connectivity index (χ1n) is 6.08. The van der Waals surface area contributed by atoms with Gasteiger partial charge in [-0.1, -0.05) is 12.1 Å². The zero-order valence-electron chi connectivity index (χ0n) is 11.7. The molecule has 1 aromatic rings. The molecule has 0 spiro atoms. The first-order valence-corrected chi connectivity index (χ1v) is 6.08. The van der Waals surface area contributed by atoms with E-state index in [9.17, 15) is 18.0 Å². The van der Waals surface area contributed by atoms with Gasteiger partial charge in [0.2, 0.25) is 11.7 Å². The van der Waals surface area contributed by atoms with Gasteiger partial charge >= 0.3 is 6.18 Å². The maximum Gasteiger partial charge on any atom is 0.416 e. The van der Waals surface area contributed by atoms with Crippen molar-refractivity contribution >= 4 is 11.4 Å². The molecule has 1 atom stereocenters. The van der Waals surface area contributed by atoms with Crippen LogP contribution in [-0.2, 0) is 20.4 Å². The highest BCUT2D eigenvalue weighted by molar-refractivity contribution is 6.24. The Labute approximate surface area is 119 Å². The van der Waals surface area contributed by atoms with E-state index in [1.165, 1.54) is 24.1 Å². The summed E-state index contributed by atoms with van der Waals surface area (Å²) in [5.41, 5.74) is -0.588. The molecule has 114 valence electrons. The molecule has 1 heterocycles. The smallest absolute Gasteiger partial charge is 0.416 e. The average molecular weight is 301 g/mol. The molecule has 1 aliphatic rings. The number of hydrogen-bond donors (Lipinski definition) is 0. The number of methoxy groups -OCH3 is 1. The highest BCUT2D eigenvalue weighted by Crippen LogP contribution is 2.35. The van der Waals surface area contributed by atoms with Crippen LogP contribution in [-0.4, -0.2) is 38.2 Å². The van der Waals surface area contributed by atoms with Crippen molar-refractivity contribution in [2.75, 3.05) is 21.2 Å². The lowest BCUT2D eigenvalue weighted by Crippen LogP contribution is -2.21. The molecule has 7 heteroatoms. The van der Waals surface area contributed by atoms with E-state index >= 15 is 0 Å². The maximum absolute atomic E-state index is 12.8. The fourth-order valence-electron chi connectivity index (χ4n) is 2.04. The van der Waals surface area contributed by atoms with E-state index in [0.717, 1.165) is 12.1 Å². The van der Waals surface area contributed by atoms with Crippen LogP contribution < -0.4 is 0 Å². The summed E-state index contributed by atoms with van der Waals surface area (Å²) in [5.74, 6) is -0.313. The number of benzene rings is 1. The molecule has 0 bridgehead atoms. The van der Waals surface area contributed by atoms with Gasteiger partial charge in [0.25, 0.3) is 6.29 Å². The lowest BCUT2D eigenvalue weighted by Gasteiger charge is -2.16. The molecule has 1 unspecified atom stereocenters. The van der Waals surface area contributed by atoms with Crippen LogP contribution in [0.1, 0.15) is 11.1 Å². The highest BCUT2D eigenvalue weighted by Gasteiger charge is 2.38. The Morgan fingerprint density at radius 2 is 1.95 bits per heavy atom. The van der Waals surface area contributed by atoms with Gasteiger partial charge in [0, 0.05) is 21.2 Å². The van der Waals surface area contributed by atoms with Gasteiger partial charge in [0.05, 0.1) is 11.1 Å². The van der Waals surface area contributed by atoms with Crippen molar-refractivity contribution in [2.24, 2.45) is 0 Å². The molecule has 0 aromatic heterocycles. The van der Waals surface area contributed by atoms with Gasteiger partial charge in [-0.3, -0.25) is 4.79 Å². The molecule has 0 fully saturated rings. The molecule has 0 aliphatic carbocycles. The van der Waals surface area contributed by atoms with E-state index < -0.39 is 23.8 Å². The van der Waals surface area contributed by atoms with Crippen LogP contribution in [0.15, 0.2) is 30.1 Å². The minimum Gasteiger partial charge on any atom is -0.441 e. The number of Topliss-reactive ketones (excluding diaryl/α,β-unsaturated/α-hetero) is 1. The lowest BCUT2D eigenvalue weighted by atomic mass is 10.0. The predicted molar refractivity (Wildman–Crippen MR) is 68.9 cm³/mol. The molecule has 0 radical (unpaired) electrons. The SMILES string of the molecule is COC1OC(N(C)C)=C(c2cccc(C(F)(F)F)c2)C1=O. The van der Waals surface area contributed by atoms with Gasteiger partial charge in [0.15, 0.2) is 0 Å². The summed E-state index contributed by atoms with van der Waals surface area (Å²) in [6.07, 6.45) is -5.61. The third kappa shape index (κ3) is 2.87. The Hall–Kier alpha value is -2.02. The van der Waals surface area contributed by atoms with Crippen LogP contribution in [0.25, 0.3) is 5.57 Å². The number of ether oxygens (including phenoxy) is 2. The second kappa shape index (κ2) is 5.40. The summed E-state index contributed by atoms with van der Waals surface area (Å²) >= 11 is 0. The molecule has 0 saturated carbocycles. The number of ketones is 1. The number of rotatable bonds is 3. The Balaban J connectivity index is 2.53. The fraction of sp³-hybridized carbons (Fsp3) is 0.357. The number of carbonyl (C=O) groups excluding carboxylic acids is 1. The molecule has 1 aliphatic heterocycles. The first kappa shape index (κ1) is 15.4. The Morgan fingerprint density at radius 3 is 2.48 bits per heavy atom. The van der Waals surface area contributed by atoms with Gasteiger partial charge in [0.1, 0.15) is 0 Å². The predicted octanol–water partition coefficient (Wildman–Crippen LogP) is 2.51. The van der Waals surface area contributed by atoms with Crippen molar-refractivity contribution in [3.63, 3.8) is 0 Å². The van der Waals surface area contributed by atoms with Crippen molar-refractivity contribution < 1.29 is 27.4 Å². The van der Waals surface area contributed by atoms with E-state index in [4.69, 9.17) is 9.47 Å². The summed E-state index contributed by atoms with van der Waals surface area (Å²) in [6, 6.07) is 4.57. The van der Waals surface area contributed by atoms with Crippen LogP contribution in [0.3, 0.4) is 0 Å². The van der Waals surface area contributed by atoms with Gasteiger partial charge in [-0.25, -0.2) is 0 Å². The van der Waals surface area contributed by atoms with Gasteiger partial charge < -0.3 is 14.4 Å². The molecular weight excluding hydrogens is 287 g/mol. The fourth-order valence-corrected chi connectivity index (χ4v) is 2.04. The lowest BCUT2D eigenvalue weighted by molar-refractivity contribution is -0.145. The van der Waals surface area contributed by atoms with Gasteiger partial charge in [-0.05, 0) is 17.7 Å². The number of nitrogens with zero attached hydrogens (tertiary/aromatic N) is 1. The number of alkyl halides is 3. The molecule has 0 amide bonds. The van der Waals surface area contributed by atoms with E-state index in [1.54, 1.807) is 14.1 Å². The average Bonchev–Trinajstić information content (AvgIpc) is 2.75. The Kier molecular flexibility index (Phi) is 3.95. The Bertz CT molecular complexity index is 593. The summed E-state index contributed by atoms with van der Waals surface area (Å²) in [5, 5.41) is 0. The summed E-state index contributed by atoms with van der Waals surface area (Å²) in [7, 11) is 4.56. The zero-order chi connectivity index (χ0) is 15.8. The second-order valence-electron chi connectivity index (χ2n) is 4.70. The van der Waals surface area contributed by atoms with Crippen LogP contribution in [0, 0.1) is 0 Å². The van der Waals surface area contributed by atoms with Crippen molar-refractivity contribution in [1.82, 2.24) is 4.90 Å². The first-order chi connectivity index (χ1) is 9.75. The van der Waals surface area contributed by atoms with Crippen molar-refractivity contribution in [1.29, 1.82) is 0 Å². The normalized spacial score (nSPS) is 19.0. The quantitative estimate of drug-likeness (QED) is 0.860. The summed E-state index contributed by atoms with van der Waals surface area (Å²) in [4.78, 5) is 13.7. The van der Waals surface area contributed by atoms with E-state index in [2.05, 4.69) is 0 Å². The minimum atomic E-state index is -4.47. The summed E-state index contributed by atoms with van der Waals surface area (Å²) < 4.78 is 48.6. The van der Waals surface area contributed by atoms with Crippen LogP contribution >= 0.6 is 0 Å². The zero-order valence-corrected chi connectivity index (χ0v) is 11.7. The largest absolute Gasteiger partial charge is 0.441 e. The molecule has 0 saturated heterocycles. The number of hydrogen-bond acceptors (Lipinski definition) is 4. The monoisotopic (exact) mass is 301 g/mol. The maximum atomic E-state index is 12.8. The Morgan fingerprint density at radius 1 is 1.29 bits per heavy atom. The molecular formula is C14H14F3NO3. The number of carbonyl (C=O) groups is 1. The molecule has 1 aromatic carbocycles. The molecule has 0 N–H and O–H groups in total. The number of halogens is 3. The van der Waals surface area contributed by atoms with Crippen molar-refractivity contribution in [3.05, 3.63) is 41.3 Å². The second-order valence-corrected chi connectivity index (χ2v) is 4.70. The van der Waals surface area contributed by atoms with Crippen LogP contribution in [0.2, 0.25) is 0 Å². The van der Waals surface area contributed by atoms with E-state index in [-0.39, 0.29) is 17.0 Å². The van der Waals surface area contributed by atoms with E-state index in [1.807, 2.05) is 0 Å². The van der Waals surface area contributed by atoms with Crippen LogP contribution in [0.4, 0.5) is 13.2 Å². The minimum absolute atomic E-state index is 0.0814. The third-order valence-electron chi connectivity index (χ3n) is 2.99. The third-order valence-corrected chi connectivity index (χ3v) is 2.99.